The minimum Gasteiger partial charge on any atom is -0.309 e. The number of para-hydroxylation sites is 1. The summed E-state index contributed by atoms with van der Waals surface area (Å²) in [6, 6.07) is 106. The van der Waals surface area contributed by atoms with Gasteiger partial charge in [0.15, 0.2) is 0 Å². The molecule has 0 bridgehead atoms. The van der Waals surface area contributed by atoms with Gasteiger partial charge in [-0.15, -0.1) is 0 Å². The van der Waals surface area contributed by atoms with Crippen molar-refractivity contribution in [2.45, 2.75) is 10.8 Å². The van der Waals surface area contributed by atoms with Crippen LogP contribution in [0.15, 0.2) is 285 Å². The summed E-state index contributed by atoms with van der Waals surface area (Å²) in [7, 11) is 0. The van der Waals surface area contributed by atoms with Crippen molar-refractivity contribution in [3.63, 3.8) is 0 Å². The molecule has 1 nitrogen and oxygen atoms in total. The molecule has 11 aromatic rings. The maximum Gasteiger partial charge on any atom is 0.0713 e. The van der Waals surface area contributed by atoms with Crippen molar-refractivity contribution in [2.24, 2.45) is 0 Å². The maximum absolute atomic E-state index is 2.52. The third kappa shape index (κ3) is 6.17. The van der Waals surface area contributed by atoms with Gasteiger partial charge in [-0.1, -0.05) is 261 Å². The lowest BCUT2D eigenvalue weighted by Gasteiger charge is -2.35. The fraction of sp³-hybridized carbons (Fsp3) is 0.0294. The zero-order valence-electron chi connectivity index (χ0n) is 38.1. The van der Waals surface area contributed by atoms with Gasteiger partial charge in [0, 0.05) is 22.5 Å². The van der Waals surface area contributed by atoms with E-state index in [0.29, 0.717) is 0 Å². The molecule has 11 aromatic carbocycles. The minimum atomic E-state index is -0.509. The van der Waals surface area contributed by atoms with E-state index in [2.05, 4.69) is 290 Å². The highest BCUT2D eigenvalue weighted by Crippen LogP contribution is 2.59. The third-order valence-corrected chi connectivity index (χ3v) is 14.8. The first-order valence-electron chi connectivity index (χ1n) is 24.0. The second-order valence-corrected chi connectivity index (χ2v) is 18.3. The summed E-state index contributed by atoms with van der Waals surface area (Å²) in [6.45, 7) is 0. The summed E-state index contributed by atoms with van der Waals surface area (Å²) in [5.41, 5.74) is 22.1. The molecule has 0 fully saturated rings. The van der Waals surface area contributed by atoms with Crippen LogP contribution in [-0.4, -0.2) is 0 Å². The Bertz CT molecular complexity index is 3490. The van der Waals surface area contributed by atoms with Crippen molar-refractivity contribution in [1.82, 2.24) is 0 Å². The number of nitrogens with zero attached hydrogens (tertiary/aromatic N) is 1. The Morgan fingerprint density at radius 3 is 0.971 bits per heavy atom. The third-order valence-electron chi connectivity index (χ3n) is 14.8. The normalized spacial score (nSPS) is 13.4. The number of rotatable bonds is 9. The second kappa shape index (κ2) is 16.5. The molecular weight excluding hydrogens is 831 g/mol. The van der Waals surface area contributed by atoms with Gasteiger partial charge in [-0.25, -0.2) is 0 Å². The van der Waals surface area contributed by atoms with Gasteiger partial charge in [0.1, 0.15) is 0 Å². The number of anilines is 3. The summed E-state index contributed by atoms with van der Waals surface area (Å²) >= 11 is 0. The lowest BCUT2D eigenvalue weighted by Crippen LogP contribution is -2.28. The van der Waals surface area contributed by atoms with Gasteiger partial charge in [0.05, 0.1) is 16.5 Å². The van der Waals surface area contributed by atoms with Crippen molar-refractivity contribution in [2.75, 3.05) is 4.90 Å². The Labute approximate surface area is 404 Å². The number of hydrogen-bond donors (Lipinski definition) is 0. The van der Waals surface area contributed by atoms with Crippen molar-refractivity contribution < 1.29 is 0 Å². The van der Waals surface area contributed by atoms with Crippen molar-refractivity contribution in [3.05, 3.63) is 330 Å². The zero-order chi connectivity index (χ0) is 45.8. The van der Waals surface area contributed by atoms with Gasteiger partial charge >= 0.3 is 0 Å². The van der Waals surface area contributed by atoms with Crippen LogP contribution in [0.2, 0.25) is 0 Å². The molecule has 0 aliphatic heterocycles. The standard InChI is InChI=1S/C68H47N/c1-6-23-48(24-7-1)56-36-22-37-57(49-25-8-2-9-26-49)66(56)69(54-43-41-53(42-44-54)68(52-31-14-5-15-32-52)62-38-19-16-33-58(62)59-34-17-20-39-63(59)68)55-45-46-65-61(47-55)60-35-18-21-40-64(60)67(65,50-27-10-3-11-28-50)51-29-12-4-13-30-51/h1-47H. The van der Waals surface area contributed by atoms with Crippen molar-refractivity contribution in [1.29, 1.82) is 0 Å². The molecule has 0 radical (unpaired) electrons. The Kier molecular flexibility index (Phi) is 9.70. The number of benzene rings is 11. The summed E-state index contributed by atoms with van der Waals surface area (Å²) in [6.07, 6.45) is 0. The molecule has 2 aliphatic rings. The molecule has 0 amide bonds. The van der Waals surface area contributed by atoms with Crippen molar-refractivity contribution in [3.8, 4) is 44.5 Å². The van der Waals surface area contributed by atoms with Crippen LogP contribution in [0.25, 0.3) is 44.5 Å². The monoisotopic (exact) mass is 877 g/mol. The molecule has 0 atom stereocenters. The van der Waals surface area contributed by atoms with Gasteiger partial charge in [0.25, 0.3) is 0 Å². The molecule has 0 aromatic heterocycles. The summed E-state index contributed by atoms with van der Waals surface area (Å²) < 4.78 is 0. The zero-order valence-corrected chi connectivity index (χ0v) is 38.1. The van der Waals surface area contributed by atoms with Crippen LogP contribution in [-0.2, 0) is 10.8 Å². The molecule has 0 heterocycles. The quantitative estimate of drug-likeness (QED) is 0.140. The van der Waals surface area contributed by atoms with Gasteiger partial charge < -0.3 is 4.90 Å². The van der Waals surface area contributed by atoms with E-state index in [-0.39, 0.29) is 0 Å². The average Bonchev–Trinajstić information content (AvgIpc) is 3.91. The Hall–Kier alpha value is -8.78. The van der Waals surface area contributed by atoms with Crippen LogP contribution in [0.4, 0.5) is 17.1 Å². The lowest BCUT2D eigenvalue weighted by atomic mass is 9.67. The highest BCUT2D eigenvalue weighted by atomic mass is 15.1. The largest absolute Gasteiger partial charge is 0.309 e. The lowest BCUT2D eigenvalue weighted by molar-refractivity contribution is 0.768. The van der Waals surface area contributed by atoms with Crippen molar-refractivity contribution >= 4 is 17.1 Å². The van der Waals surface area contributed by atoms with Crippen LogP contribution >= 0.6 is 0 Å². The Balaban J connectivity index is 1.09. The molecule has 0 spiro atoms. The van der Waals surface area contributed by atoms with E-state index in [0.717, 1.165) is 39.3 Å². The highest BCUT2D eigenvalue weighted by Gasteiger charge is 2.47. The second-order valence-electron chi connectivity index (χ2n) is 18.3. The first-order valence-corrected chi connectivity index (χ1v) is 24.0. The summed E-state index contributed by atoms with van der Waals surface area (Å²) in [4.78, 5) is 2.52. The van der Waals surface area contributed by atoms with Crippen LogP contribution in [0.5, 0.6) is 0 Å². The molecule has 0 saturated heterocycles. The van der Waals surface area contributed by atoms with Crippen LogP contribution in [0, 0.1) is 0 Å². The number of hydrogen-bond acceptors (Lipinski definition) is 1. The van der Waals surface area contributed by atoms with Crippen LogP contribution < -0.4 is 4.90 Å². The maximum atomic E-state index is 2.52. The molecule has 0 unspecified atom stereocenters. The molecule has 13 rings (SSSR count). The van der Waals surface area contributed by atoms with E-state index < -0.39 is 10.8 Å². The van der Waals surface area contributed by atoms with E-state index in [1.54, 1.807) is 0 Å². The van der Waals surface area contributed by atoms with Crippen LogP contribution in [0.3, 0.4) is 0 Å². The van der Waals surface area contributed by atoms with Gasteiger partial charge in [-0.05, 0) is 102 Å². The molecule has 0 saturated carbocycles. The molecule has 2 aliphatic carbocycles. The summed E-state index contributed by atoms with van der Waals surface area (Å²) in [5, 5.41) is 0. The van der Waals surface area contributed by atoms with E-state index >= 15 is 0 Å². The Morgan fingerprint density at radius 1 is 0.217 bits per heavy atom. The summed E-state index contributed by atoms with van der Waals surface area (Å²) in [5.74, 6) is 0. The Morgan fingerprint density at radius 2 is 0.536 bits per heavy atom. The average molecular weight is 878 g/mol. The smallest absolute Gasteiger partial charge is 0.0713 e. The molecule has 1 heteroatoms. The minimum absolute atomic E-state index is 0.504. The van der Waals surface area contributed by atoms with E-state index in [1.807, 2.05) is 0 Å². The molecular formula is C68H47N. The fourth-order valence-corrected chi connectivity index (χ4v) is 12.0. The van der Waals surface area contributed by atoms with Crippen LogP contribution in [0.1, 0.15) is 44.5 Å². The molecule has 69 heavy (non-hydrogen) atoms. The SMILES string of the molecule is c1ccc(-c2cccc(-c3ccccc3)c2N(c2ccc(C3(c4ccccc4)c4ccccc4-c4ccccc43)cc2)c2ccc3c(c2)-c2ccccc2C3(c2ccccc2)c2ccccc2)cc1. The van der Waals surface area contributed by atoms with E-state index in [4.69, 9.17) is 0 Å². The molecule has 0 N–H and O–H groups in total. The number of fused-ring (bicyclic) bond motifs is 6. The predicted octanol–water partition coefficient (Wildman–Crippen LogP) is 17.2. The van der Waals surface area contributed by atoms with Gasteiger partial charge in [-0.3, -0.25) is 0 Å². The molecule has 324 valence electrons. The van der Waals surface area contributed by atoms with Gasteiger partial charge in [-0.2, -0.15) is 0 Å². The van der Waals surface area contributed by atoms with E-state index in [1.165, 1.54) is 66.8 Å². The highest BCUT2D eigenvalue weighted by molar-refractivity contribution is 5.99. The fourth-order valence-electron chi connectivity index (χ4n) is 12.0. The van der Waals surface area contributed by atoms with Gasteiger partial charge in [0.2, 0.25) is 0 Å². The predicted molar refractivity (Wildman–Crippen MR) is 287 cm³/mol. The first kappa shape index (κ1) is 40.5. The first-order chi connectivity index (χ1) is 34.3. The van der Waals surface area contributed by atoms with E-state index in [9.17, 15) is 0 Å². The topological polar surface area (TPSA) is 3.24 Å².